The molecule has 1 aromatic rings. The minimum Gasteiger partial charge on any atom is -0.363 e. The highest BCUT2D eigenvalue weighted by molar-refractivity contribution is 6.36. The van der Waals surface area contributed by atoms with Crippen molar-refractivity contribution in [3.8, 4) is 12.3 Å². The molecule has 0 saturated carbocycles. The third-order valence-corrected chi connectivity index (χ3v) is 6.16. The van der Waals surface area contributed by atoms with Crippen LogP contribution in [0, 0.1) is 24.1 Å². The number of rotatable bonds is 4. The number of nitrogens with zero attached hydrogens (tertiary/aromatic N) is 2. The Bertz CT molecular complexity index is 906. The highest BCUT2D eigenvalue weighted by Gasteiger charge is 2.41. The maximum absolute atomic E-state index is 13.7. The Labute approximate surface area is 181 Å². The number of allylic oxidation sites excluding steroid dienone is 3. The van der Waals surface area contributed by atoms with Crippen LogP contribution in [0.15, 0.2) is 40.0 Å². The number of urea groups is 1. The Hall–Kier alpha value is -2.16. The van der Waals surface area contributed by atoms with Crippen LogP contribution in [-0.2, 0) is 6.42 Å². The minimum atomic E-state index is -0.261. The lowest BCUT2D eigenvalue weighted by Gasteiger charge is -2.34. The molecule has 2 aliphatic heterocycles. The van der Waals surface area contributed by atoms with Gasteiger partial charge in [-0.25, -0.2) is 9.18 Å². The first-order chi connectivity index (χ1) is 13.9. The molecule has 2 unspecified atom stereocenters. The number of hydrogen-bond donors (Lipinski definition) is 1. The zero-order valence-electron chi connectivity index (χ0n) is 16.5. The number of likely N-dealkylation sites (tertiary alicyclic amines) is 2. The summed E-state index contributed by atoms with van der Waals surface area (Å²) >= 11 is 12.7. The van der Waals surface area contributed by atoms with Crippen molar-refractivity contribution in [3.63, 3.8) is 0 Å². The highest BCUT2D eigenvalue weighted by atomic mass is 35.5. The van der Waals surface area contributed by atoms with Crippen molar-refractivity contribution in [2.45, 2.75) is 32.7 Å². The van der Waals surface area contributed by atoms with Gasteiger partial charge in [0.05, 0.1) is 10.7 Å². The second-order valence-corrected chi connectivity index (χ2v) is 8.13. The van der Waals surface area contributed by atoms with Gasteiger partial charge in [-0.15, -0.1) is 6.42 Å². The number of amides is 2. The van der Waals surface area contributed by atoms with Crippen molar-refractivity contribution in [1.29, 1.82) is 0 Å². The maximum Gasteiger partial charge on any atom is 0.321 e. The van der Waals surface area contributed by atoms with Crippen LogP contribution in [0.3, 0.4) is 0 Å². The molecule has 2 heterocycles. The summed E-state index contributed by atoms with van der Waals surface area (Å²) in [7, 11) is 0. The second-order valence-electron chi connectivity index (χ2n) is 7.35. The molecule has 154 valence electrons. The molecule has 2 atom stereocenters. The van der Waals surface area contributed by atoms with E-state index in [9.17, 15) is 9.18 Å². The van der Waals surface area contributed by atoms with E-state index in [0.29, 0.717) is 47.4 Å². The first-order valence-electron chi connectivity index (χ1n) is 9.67. The van der Waals surface area contributed by atoms with Crippen molar-refractivity contribution in [2.75, 3.05) is 25.0 Å². The molecule has 0 spiro atoms. The summed E-state index contributed by atoms with van der Waals surface area (Å²) in [6.45, 7) is 5.62. The molecule has 3 rings (SSSR count). The van der Waals surface area contributed by atoms with Gasteiger partial charge in [-0.2, -0.15) is 0 Å². The number of hydrogen-bond acceptors (Lipinski definition) is 2. The molecule has 2 bridgehead atoms. The Morgan fingerprint density at radius 1 is 1.38 bits per heavy atom. The van der Waals surface area contributed by atoms with Crippen LogP contribution in [0.1, 0.15) is 25.8 Å². The van der Waals surface area contributed by atoms with E-state index in [1.54, 1.807) is 23.1 Å². The summed E-state index contributed by atoms with van der Waals surface area (Å²) in [6, 6.07) is 4.54. The maximum atomic E-state index is 13.7. The van der Waals surface area contributed by atoms with Gasteiger partial charge in [0.1, 0.15) is 10.8 Å². The van der Waals surface area contributed by atoms with E-state index in [0.717, 1.165) is 13.0 Å². The van der Waals surface area contributed by atoms with E-state index in [4.69, 9.17) is 29.6 Å². The van der Waals surface area contributed by atoms with Crippen LogP contribution in [-0.4, -0.2) is 41.5 Å². The zero-order valence-corrected chi connectivity index (χ0v) is 18.0. The smallest absolute Gasteiger partial charge is 0.321 e. The van der Waals surface area contributed by atoms with Crippen molar-refractivity contribution in [3.05, 3.63) is 51.4 Å². The Morgan fingerprint density at radius 2 is 2.14 bits per heavy atom. The third-order valence-electron chi connectivity index (χ3n) is 5.48. The molecular weight excluding hydrogens is 412 g/mol. The number of terminal acetylenes is 1. The fraction of sp³-hybridized carbons (Fsp3) is 0.409. The summed E-state index contributed by atoms with van der Waals surface area (Å²) in [5.41, 5.74) is 1.82. The molecule has 2 amide bonds. The zero-order chi connectivity index (χ0) is 21.1. The summed E-state index contributed by atoms with van der Waals surface area (Å²) in [4.78, 5) is 16.7. The average Bonchev–Trinajstić information content (AvgIpc) is 3.02. The van der Waals surface area contributed by atoms with E-state index >= 15 is 0 Å². The normalized spacial score (nSPS) is 22.3. The fourth-order valence-electron chi connectivity index (χ4n) is 4.10. The van der Waals surface area contributed by atoms with Crippen LogP contribution < -0.4 is 5.32 Å². The summed E-state index contributed by atoms with van der Waals surface area (Å²) in [6.07, 6.45) is 8.79. The number of benzene rings is 1. The van der Waals surface area contributed by atoms with Gasteiger partial charge in [-0.3, -0.25) is 0 Å². The predicted octanol–water partition coefficient (Wildman–Crippen LogP) is 5.15. The molecule has 1 aromatic carbocycles. The van der Waals surface area contributed by atoms with Gasteiger partial charge in [0.15, 0.2) is 0 Å². The Kier molecular flexibility index (Phi) is 6.77. The highest BCUT2D eigenvalue weighted by Crippen LogP contribution is 2.37. The average molecular weight is 436 g/mol. The number of aryl methyl sites for hydroxylation is 1. The lowest BCUT2D eigenvalue weighted by molar-refractivity contribution is 0.177. The van der Waals surface area contributed by atoms with Gasteiger partial charge in [-0.1, -0.05) is 42.1 Å². The quantitative estimate of drug-likeness (QED) is 0.523. The SMILES string of the molecule is C#C/C(Cl)=C(\C(Cl)=C/C)N1CC2CC1CN(C(=O)Nc1ccc(F)c(CC)c1)C2. The standard InChI is InChI=1S/C22H24Cl2FN3O/c1-4-15-10-16(7-8-20(15)25)26-22(29)27-11-14-9-17(13-27)28(12-14)21(18(23)5-2)19(24)6-3/h2,6-8,10,14,17H,4,9,11-13H2,1,3H3,(H,26,29)/b19-6+,21-18-. The predicted molar refractivity (Wildman–Crippen MR) is 116 cm³/mol. The van der Waals surface area contributed by atoms with Gasteiger partial charge in [0.25, 0.3) is 0 Å². The van der Waals surface area contributed by atoms with Crippen LogP contribution in [0.4, 0.5) is 14.9 Å². The van der Waals surface area contributed by atoms with E-state index in [-0.39, 0.29) is 22.9 Å². The molecule has 1 N–H and O–H groups in total. The molecule has 7 heteroatoms. The fourth-order valence-corrected chi connectivity index (χ4v) is 4.56. The molecular formula is C22H24Cl2FN3O. The van der Waals surface area contributed by atoms with E-state index in [1.807, 2.05) is 13.8 Å². The van der Waals surface area contributed by atoms with Crippen LogP contribution in [0.5, 0.6) is 0 Å². The first-order valence-corrected chi connectivity index (χ1v) is 10.4. The number of nitrogens with one attached hydrogen (secondary N) is 1. The number of piperidine rings is 1. The van der Waals surface area contributed by atoms with E-state index in [1.165, 1.54) is 6.07 Å². The molecule has 0 radical (unpaired) electrons. The number of anilines is 1. The van der Waals surface area contributed by atoms with Gasteiger partial charge in [0, 0.05) is 31.4 Å². The molecule has 0 aromatic heterocycles. The molecule has 4 nitrogen and oxygen atoms in total. The topological polar surface area (TPSA) is 35.6 Å². The van der Waals surface area contributed by atoms with Crippen molar-refractivity contribution < 1.29 is 9.18 Å². The number of fused-ring (bicyclic) bond motifs is 2. The van der Waals surface area contributed by atoms with Crippen LogP contribution >= 0.6 is 23.2 Å². The lowest BCUT2D eigenvalue weighted by Crippen LogP contribution is -2.46. The summed E-state index contributed by atoms with van der Waals surface area (Å²) in [5.74, 6) is 2.52. The van der Waals surface area contributed by atoms with Crippen molar-refractivity contribution >= 4 is 34.9 Å². The van der Waals surface area contributed by atoms with Crippen molar-refractivity contribution in [1.82, 2.24) is 9.80 Å². The second kappa shape index (κ2) is 9.11. The largest absolute Gasteiger partial charge is 0.363 e. The molecule has 2 aliphatic rings. The summed E-state index contributed by atoms with van der Waals surface area (Å²) < 4.78 is 13.7. The number of carbonyl (C=O) groups is 1. The van der Waals surface area contributed by atoms with Crippen LogP contribution in [0.2, 0.25) is 0 Å². The van der Waals surface area contributed by atoms with Gasteiger partial charge < -0.3 is 15.1 Å². The van der Waals surface area contributed by atoms with Gasteiger partial charge >= 0.3 is 6.03 Å². The molecule has 2 fully saturated rings. The summed E-state index contributed by atoms with van der Waals surface area (Å²) in [5, 5.41) is 3.67. The number of carbonyl (C=O) groups excluding carboxylic acids is 1. The monoisotopic (exact) mass is 435 g/mol. The molecule has 29 heavy (non-hydrogen) atoms. The van der Waals surface area contributed by atoms with Gasteiger partial charge in [0.2, 0.25) is 0 Å². The minimum absolute atomic E-state index is 0.0877. The Morgan fingerprint density at radius 3 is 2.79 bits per heavy atom. The third kappa shape index (κ3) is 4.55. The van der Waals surface area contributed by atoms with Crippen LogP contribution in [0.25, 0.3) is 0 Å². The first kappa shape index (κ1) is 21.5. The van der Waals surface area contributed by atoms with E-state index < -0.39 is 0 Å². The van der Waals surface area contributed by atoms with Gasteiger partial charge in [-0.05, 0) is 49.4 Å². The molecule has 2 saturated heterocycles. The lowest BCUT2D eigenvalue weighted by atomic mass is 10.0. The number of halogens is 3. The molecule has 0 aliphatic carbocycles. The Balaban J connectivity index is 1.75. The van der Waals surface area contributed by atoms with Crippen molar-refractivity contribution in [2.24, 2.45) is 5.92 Å². The van der Waals surface area contributed by atoms with E-state index in [2.05, 4.69) is 16.1 Å².